The maximum absolute atomic E-state index is 13.7. The van der Waals surface area contributed by atoms with Crippen molar-refractivity contribution in [2.24, 2.45) is 0 Å². The summed E-state index contributed by atoms with van der Waals surface area (Å²) >= 11 is 3.05. The molecule has 0 saturated carbocycles. The molecule has 0 aromatic heterocycles. The third-order valence-electron chi connectivity index (χ3n) is 2.48. The molecule has 2 N–H and O–H groups in total. The fraction of sp³-hybridized carbons (Fsp3) is 0. The minimum Gasteiger partial charge on any atom is -0.478 e. The molecule has 0 unspecified atom stereocenters. The van der Waals surface area contributed by atoms with Gasteiger partial charge in [-0.15, -0.1) is 0 Å². The molecule has 0 aliphatic carbocycles. The number of hydrogen-bond acceptors (Lipinski definition) is 2. The highest BCUT2D eigenvalue weighted by Crippen LogP contribution is 2.27. The molecule has 104 valence electrons. The average molecular weight is 346 g/mol. The van der Waals surface area contributed by atoms with Gasteiger partial charge in [-0.2, -0.15) is 0 Å². The molecular formula is C13H7BrF3NO2. The molecule has 3 nitrogen and oxygen atoms in total. The van der Waals surface area contributed by atoms with Crippen LogP contribution in [-0.4, -0.2) is 11.1 Å². The first-order valence-electron chi connectivity index (χ1n) is 5.33. The van der Waals surface area contributed by atoms with Gasteiger partial charge in [0.2, 0.25) is 0 Å². The Morgan fingerprint density at radius 3 is 2.15 bits per heavy atom. The van der Waals surface area contributed by atoms with Crippen LogP contribution in [0.15, 0.2) is 34.8 Å². The van der Waals surface area contributed by atoms with Gasteiger partial charge >= 0.3 is 5.97 Å². The summed E-state index contributed by atoms with van der Waals surface area (Å²) in [6.07, 6.45) is 0. The number of hydrogen-bond donors (Lipinski definition) is 2. The monoisotopic (exact) mass is 345 g/mol. The predicted octanol–water partition coefficient (Wildman–Crippen LogP) is 4.31. The lowest BCUT2D eigenvalue weighted by molar-refractivity contribution is 0.0696. The lowest BCUT2D eigenvalue weighted by Gasteiger charge is -2.10. The van der Waals surface area contributed by atoms with Gasteiger partial charge in [0.05, 0.1) is 11.3 Å². The molecule has 2 aromatic carbocycles. The van der Waals surface area contributed by atoms with Crippen molar-refractivity contribution in [2.45, 2.75) is 0 Å². The molecule has 0 atom stereocenters. The zero-order valence-electron chi connectivity index (χ0n) is 9.75. The largest absolute Gasteiger partial charge is 0.478 e. The second-order valence-corrected chi connectivity index (χ2v) is 4.78. The van der Waals surface area contributed by atoms with E-state index in [0.29, 0.717) is 16.6 Å². The van der Waals surface area contributed by atoms with Crippen LogP contribution < -0.4 is 5.32 Å². The van der Waals surface area contributed by atoms with Crippen LogP contribution >= 0.6 is 15.9 Å². The van der Waals surface area contributed by atoms with E-state index >= 15 is 0 Å². The summed E-state index contributed by atoms with van der Waals surface area (Å²) in [6, 6.07) is 5.23. The maximum Gasteiger partial charge on any atom is 0.335 e. The number of carboxylic acids is 1. The Bertz CT molecular complexity index is 668. The van der Waals surface area contributed by atoms with E-state index in [1.807, 2.05) is 0 Å². The van der Waals surface area contributed by atoms with Gasteiger partial charge in [0.1, 0.15) is 11.5 Å². The highest BCUT2D eigenvalue weighted by Gasteiger charge is 2.16. The van der Waals surface area contributed by atoms with E-state index in [1.165, 1.54) is 12.1 Å². The van der Waals surface area contributed by atoms with Crippen LogP contribution in [0.5, 0.6) is 0 Å². The minimum atomic E-state index is -1.45. The molecule has 0 amide bonds. The van der Waals surface area contributed by atoms with Crippen molar-refractivity contribution in [2.75, 3.05) is 5.32 Å². The molecule has 0 aliphatic rings. The van der Waals surface area contributed by atoms with Crippen LogP contribution in [0.1, 0.15) is 10.4 Å². The lowest BCUT2D eigenvalue weighted by Crippen LogP contribution is -2.04. The molecule has 0 fully saturated rings. The molecular weight excluding hydrogens is 339 g/mol. The number of carbonyl (C=O) groups is 1. The Morgan fingerprint density at radius 2 is 1.65 bits per heavy atom. The first-order valence-corrected chi connectivity index (χ1v) is 6.12. The number of rotatable bonds is 3. The van der Waals surface area contributed by atoms with Crippen molar-refractivity contribution in [3.8, 4) is 0 Å². The van der Waals surface area contributed by atoms with Crippen molar-refractivity contribution in [3.63, 3.8) is 0 Å². The Kier molecular flexibility index (Phi) is 3.99. The molecule has 0 spiro atoms. The Labute approximate surface area is 120 Å². The Balaban J connectivity index is 2.41. The topological polar surface area (TPSA) is 49.3 Å². The molecule has 0 saturated heterocycles. The van der Waals surface area contributed by atoms with Gasteiger partial charge in [-0.1, -0.05) is 15.9 Å². The molecule has 0 radical (unpaired) electrons. The standard InChI is InChI=1S/C13H7BrF3NO2/c14-7-1-2-11(8(15)5-7)18-12-9(16)3-6(13(19)20)4-10(12)17/h1-5,18H,(H,19,20). The van der Waals surface area contributed by atoms with E-state index in [4.69, 9.17) is 5.11 Å². The number of anilines is 2. The summed E-state index contributed by atoms with van der Waals surface area (Å²) in [4.78, 5) is 10.6. The van der Waals surface area contributed by atoms with Crippen LogP contribution in [0, 0.1) is 17.5 Å². The fourth-order valence-corrected chi connectivity index (χ4v) is 1.87. The molecule has 2 rings (SSSR count). The molecule has 0 aliphatic heterocycles. The normalized spacial score (nSPS) is 10.4. The smallest absolute Gasteiger partial charge is 0.335 e. The van der Waals surface area contributed by atoms with Crippen molar-refractivity contribution in [1.82, 2.24) is 0 Å². The van der Waals surface area contributed by atoms with Crippen molar-refractivity contribution < 1.29 is 23.1 Å². The zero-order chi connectivity index (χ0) is 14.9. The third-order valence-corrected chi connectivity index (χ3v) is 2.97. The molecule has 20 heavy (non-hydrogen) atoms. The van der Waals surface area contributed by atoms with Gasteiger partial charge in [0.25, 0.3) is 0 Å². The van der Waals surface area contributed by atoms with Crippen LogP contribution in [0.25, 0.3) is 0 Å². The quantitative estimate of drug-likeness (QED) is 0.871. The number of aromatic carboxylic acids is 1. The molecule has 7 heteroatoms. The summed E-state index contributed by atoms with van der Waals surface area (Å²) in [5.74, 6) is -4.40. The van der Waals surface area contributed by atoms with Crippen LogP contribution in [0.4, 0.5) is 24.5 Å². The van der Waals surface area contributed by atoms with Gasteiger partial charge in [0.15, 0.2) is 11.6 Å². The van der Waals surface area contributed by atoms with Crippen LogP contribution in [0.2, 0.25) is 0 Å². The highest BCUT2D eigenvalue weighted by molar-refractivity contribution is 9.10. The van der Waals surface area contributed by atoms with Gasteiger partial charge in [-0.05, 0) is 30.3 Å². The number of nitrogens with one attached hydrogen (secondary N) is 1. The Morgan fingerprint density at radius 1 is 1.05 bits per heavy atom. The first-order chi connectivity index (χ1) is 9.38. The van der Waals surface area contributed by atoms with Crippen molar-refractivity contribution >= 4 is 33.3 Å². The van der Waals surface area contributed by atoms with Gasteiger partial charge in [-0.25, -0.2) is 18.0 Å². The van der Waals surface area contributed by atoms with Crippen molar-refractivity contribution in [1.29, 1.82) is 0 Å². The number of halogens is 4. The SMILES string of the molecule is O=C(O)c1cc(F)c(Nc2ccc(Br)cc2F)c(F)c1. The first kappa shape index (κ1) is 14.4. The van der Waals surface area contributed by atoms with Gasteiger partial charge in [0, 0.05) is 4.47 Å². The van der Waals surface area contributed by atoms with E-state index in [2.05, 4.69) is 21.2 Å². The molecule has 0 bridgehead atoms. The number of benzene rings is 2. The van der Waals surface area contributed by atoms with E-state index in [1.54, 1.807) is 0 Å². The van der Waals surface area contributed by atoms with E-state index in [0.717, 1.165) is 6.07 Å². The summed E-state index contributed by atoms with van der Waals surface area (Å²) in [5, 5.41) is 10.9. The summed E-state index contributed by atoms with van der Waals surface area (Å²) in [6.45, 7) is 0. The second kappa shape index (κ2) is 5.54. The summed E-state index contributed by atoms with van der Waals surface area (Å²) in [5.41, 5.74) is -1.27. The van der Waals surface area contributed by atoms with Crippen molar-refractivity contribution in [3.05, 3.63) is 57.8 Å². The lowest BCUT2D eigenvalue weighted by atomic mass is 10.1. The fourth-order valence-electron chi connectivity index (χ4n) is 1.54. The Hall–Kier alpha value is -2.02. The van der Waals surface area contributed by atoms with E-state index < -0.39 is 34.7 Å². The second-order valence-electron chi connectivity index (χ2n) is 3.87. The van der Waals surface area contributed by atoms with Crippen LogP contribution in [-0.2, 0) is 0 Å². The van der Waals surface area contributed by atoms with E-state index in [9.17, 15) is 18.0 Å². The third kappa shape index (κ3) is 2.93. The summed E-state index contributed by atoms with van der Waals surface area (Å²) < 4.78 is 41.4. The number of carboxylic acid groups (broad SMARTS) is 1. The molecule has 0 heterocycles. The van der Waals surface area contributed by atoms with Crippen LogP contribution in [0.3, 0.4) is 0 Å². The van der Waals surface area contributed by atoms with Gasteiger partial charge < -0.3 is 10.4 Å². The predicted molar refractivity (Wildman–Crippen MR) is 70.7 cm³/mol. The van der Waals surface area contributed by atoms with Gasteiger partial charge in [-0.3, -0.25) is 0 Å². The average Bonchev–Trinajstić information content (AvgIpc) is 2.35. The minimum absolute atomic E-state index is 0.130. The summed E-state index contributed by atoms with van der Waals surface area (Å²) in [7, 11) is 0. The molecule has 2 aromatic rings. The highest BCUT2D eigenvalue weighted by atomic mass is 79.9. The maximum atomic E-state index is 13.7. The zero-order valence-corrected chi connectivity index (χ0v) is 11.3. The van der Waals surface area contributed by atoms with E-state index in [-0.39, 0.29) is 5.69 Å².